The molecule has 0 spiro atoms. The van der Waals surface area contributed by atoms with E-state index in [2.05, 4.69) is 15.6 Å². The van der Waals surface area contributed by atoms with Gasteiger partial charge in [-0.05, 0) is 37.6 Å². The number of benzene rings is 2. The Morgan fingerprint density at radius 1 is 1.10 bits per heavy atom. The number of carbonyl (C=O) groups is 1. The van der Waals surface area contributed by atoms with Crippen molar-refractivity contribution in [2.45, 2.75) is 31.6 Å². The van der Waals surface area contributed by atoms with Crippen LogP contribution in [0.25, 0.3) is 0 Å². The van der Waals surface area contributed by atoms with Crippen LogP contribution in [-0.4, -0.2) is 75.0 Å². The predicted octanol–water partition coefficient (Wildman–Crippen LogP) is 5.82. The molecule has 2 unspecified atom stereocenters. The van der Waals surface area contributed by atoms with Gasteiger partial charge in [0.25, 0.3) is 5.91 Å². The molecule has 3 aromatic rings. The van der Waals surface area contributed by atoms with Crippen LogP contribution in [0.4, 0.5) is 46.1 Å². The predicted molar refractivity (Wildman–Crippen MR) is 155 cm³/mol. The van der Waals surface area contributed by atoms with Crippen molar-refractivity contribution in [2.24, 2.45) is 0 Å². The number of rotatable bonds is 8. The second kappa shape index (κ2) is 12.0. The Labute approximate surface area is 242 Å². The van der Waals surface area contributed by atoms with E-state index in [1.165, 1.54) is 24.2 Å². The van der Waals surface area contributed by atoms with Crippen molar-refractivity contribution in [3.8, 4) is 5.75 Å². The van der Waals surface area contributed by atoms with Crippen molar-refractivity contribution in [2.75, 3.05) is 62.1 Å². The zero-order valence-electron chi connectivity index (χ0n) is 23.7. The van der Waals surface area contributed by atoms with Crippen molar-refractivity contribution < 1.29 is 27.1 Å². The number of fused-ring (bicyclic) bond motifs is 2. The van der Waals surface area contributed by atoms with Crippen LogP contribution in [0.2, 0.25) is 0 Å². The summed E-state index contributed by atoms with van der Waals surface area (Å²) in [5.41, 5.74) is 2.50. The van der Waals surface area contributed by atoms with Gasteiger partial charge < -0.3 is 30.1 Å². The number of hydrogen-bond acceptors (Lipinski definition) is 7. The van der Waals surface area contributed by atoms with Gasteiger partial charge in [-0.25, -0.2) is 9.37 Å². The Morgan fingerprint density at radius 3 is 2.62 bits per heavy atom. The first-order valence-electron chi connectivity index (χ1n) is 13.9. The Bertz CT molecular complexity index is 1440. The highest BCUT2D eigenvalue weighted by Gasteiger charge is 2.47. The molecule has 0 aliphatic carbocycles. The molecule has 12 heteroatoms. The van der Waals surface area contributed by atoms with Crippen molar-refractivity contribution in [1.82, 2.24) is 15.2 Å². The lowest BCUT2D eigenvalue weighted by Crippen LogP contribution is -2.36. The van der Waals surface area contributed by atoms with Crippen LogP contribution < -0.4 is 25.2 Å². The average Bonchev–Trinajstić information content (AvgIpc) is 3.41. The molecule has 2 aromatic carbocycles. The number of halogens is 4. The Kier molecular flexibility index (Phi) is 8.44. The number of para-hydroxylation sites is 1. The van der Waals surface area contributed by atoms with Gasteiger partial charge in [-0.15, -0.1) is 0 Å². The number of hydrogen-bond donors (Lipinski definition) is 2. The number of amides is 1. The fourth-order valence-electron chi connectivity index (χ4n) is 5.67. The molecule has 2 aliphatic heterocycles. The van der Waals surface area contributed by atoms with Crippen LogP contribution >= 0.6 is 0 Å². The highest BCUT2D eigenvalue weighted by atomic mass is 19.4. The number of nitrogens with one attached hydrogen (secondary N) is 2. The molecule has 1 amide bonds. The van der Waals surface area contributed by atoms with E-state index >= 15 is 0 Å². The van der Waals surface area contributed by atoms with E-state index in [4.69, 9.17) is 4.74 Å². The summed E-state index contributed by atoms with van der Waals surface area (Å²) in [5, 5.41) is 6.33. The molecule has 0 saturated carbocycles. The summed E-state index contributed by atoms with van der Waals surface area (Å²) in [6.45, 7) is 3.07. The van der Waals surface area contributed by atoms with Crippen molar-refractivity contribution in [3.63, 3.8) is 0 Å². The van der Waals surface area contributed by atoms with E-state index in [9.17, 15) is 22.4 Å². The number of ether oxygens (including phenoxy) is 1. The van der Waals surface area contributed by atoms with Crippen molar-refractivity contribution in [1.29, 1.82) is 0 Å². The molecule has 2 atom stereocenters. The van der Waals surface area contributed by atoms with Gasteiger partial charge in [-0.1, -0.05) is 18.2 Å². The van der Waals surface area contributed by atoms with Gasteiger partial charge in [0.15, 0.2) is 6.04 Å². The van der Waals surface area contributed by atoms with Gasteiger partial charge in [0, 0.05) is 62.7 Å². The van der Waals surface area contributed by atoms with Gasteiger partial charge in [0.05, 0.1) is 29.9 Å². The molecule has 1 aromatic heterocycles. The third-order valence-corrected chi connectivity index (χ3v) is 7.69. The van der Waals surface area contributed by atoms with Crippen LogP contribution in [0, 0.1) is 0 Å². The maximum atomic E-state index is 14.3. The zero-order valence-corrected chi connectivity index (χ0v) is 23.7. The van der Waals surface area contributed by atoms with Crippen LogP contribution in [0.5, 0.6) is 5.75 Å². The van der Waals surface area contributed by atoms with E-state index in [1.54, 1.807) is 59.3 Å². The summed E-state index contributed by atoms with van der Waals surface area (Å²) in [4.78, 5) is 22.3. The molecule has 42 heavy (non-hydrogen) atoms. The molecule has 5 rings (SSSR count). The normalized spacial score (nSPS) is 18.4. The van der Waals surface area contributed by atoms with Crippen LogP contribution in [0.1, 0.15) is 35.3 Å². The molecule has 8 nitrogen and oxygen atoms in total. The molecule has 2 N–H and O–H groups in total. The molecule has 0 radical (unpaired) electrons. The zero-order chi connectivity index (χ0) is 30.0. The maximum absolute atomic E-state index is 14.3. The number of carbonyl (C=O) groups excluding carboxylic acids is 1. The number of nitrogens with zero attached hydrogens (tertiary/aromatic N) is 4. The van der Waals surface area contributed by atoms with Gasteiger partial charge in [0.2, 0.25) is 0 Å². The molecule has 1 fully saturated rings. The smallest absolute Gasteiger partial charge is 0.413 e. The van der Waals surface area contributed by atoms with Crippen LogP contribution in [-0.2, 0) is 0 Å². The molecule has 1 saturated heterocycles. The van der Waals surface area contributed by atoms with E-state index in [1.807, 2.05) is 6.92 Å². The second-order valence-electron chi connectivity index (χ2n) is 10.4. The highest BCUT2D eigenvalue weighted by molar-refractivity contribution is 5.96. The fourth-order valence-corrected chi connectivity index (χ4v) is 5.67. The number of pyridine rings is 1. The molecular weight excluding hydrogens is 552 g/mol. The van der Waals surface area contributed by atoms with Gasteiger partial charge in [-0.2, -0.15) is 13.2 Å². The third-order valence-electron chi connectivity index (χ3n) is 7.69. The number of likely N-dealkylation sites (tertiary alicyclic amines) is 1. The molecule has 0 bridgehead atoms. The van der Waals surface area contributed by atoms with Crippen LogP contribution in [0.3, 0.4) is 0 Å². The molecule has 3 heterocycles. The summed E-state index contributed by atoms with van der Waals surface area (Å²) >= 11 is 0. The summed E-state index contributed by atoms with van der Waals surface area (Å²) in [7, 11) is 3.15. The minimum Gasteiger partial charge on any atom is -0.492 e. The van der Waals surface area contributed by atoms with Gasteiger partial charge in [-0.3, -0.25) is 4.79 Å². The van der Waals surface area contributed by atoms with Crippen molar-refractivity contribution >= 4 is 34.5 Å². The Hall–Kier alpha value is -4.06. The molecule has 2 aliphatic rings. The largest absolute Gasteiger partial charge is 0.492 e. The molecular formula is C30H34F4N6O2. The number of aromatic nitrogens is 1. The average molecular weight is 587 g/mol. The summed E-state index contributed by atoms with van der Waals surface area (Å²) in [5.74, 6) is 0.704. The standard InChI is InChI=1S/C30H34F4N6O2/c1-4-42-26-15-19(29(41)40-14-11-20(18-40)35-13-12-31)9-10-22(26)37-27-16-24-25(17-36-27)39(3)28(30(32,33)34)21-7-5-6-8-23(21)38(24)2/h5-10,15-17,20,28,35H,4,11-14,18H2,1-3H3,(H,36,37). The lowest BCUT2D eigenvalue weighted by atomic mass is 10.0. The first-order chi connectivity index (χ1) is 20.1. The monoisotopic (exact) mass is 586 g/mol. The Balaban J connectivity index is 1.42. The summed E-state index contributed by atoms with van der Waals surface area (Å²) < 4.78 is 61.2. The minimum absolute atomic E-state index is 0.0619. The summed E-state index contributed by atoms with van der Waals surface area (Å²) in [6.07, 6.45) is -2.32. The van der Waals surface area contributed by atoms with E-state index < -0.39 is 18.9 Å². The highest BCUT2D eigenvalue weighted by Crippen LogP contribution is 2.49. The SMILES string of the molecule is CCOc1cc(C(=O)N2CCC(NCCF)C2)ccc1Nc1cc2c(cn1)N(C)C(C(F)(F)F)c1ccccc1N2C. The number of anilines is 5. The maximum Gasteiger partial charge on any atom is 0.413 e. The minimum atomic E-state index is -4.50. The van der Waals surface area contributed by atoms with Crippen LogP contribution in [0.15, 0.2) is 54.7 Å². The number of alkyl halides is 4. The Morgan fingerprint density at radius 2 is 1.88 bits per heavy atom. The lowest BCUT2D eigenvalue weighted by molar-refractivity contribution is -0.149. The topological polar surface area (TPSA) is 73.0 Å². The van der Waals surface area contributed by atoms with Gasteiger partial charge >= 0.3 is 6.18 Å². The van der Waals surface area contributed by atoms with E-state index in [0.29, 0.717) is 59.6 Å². The fraction of sp³-hybridized carbons (Fsp3) is 0.400. The van der Waals surface area contributed by atoms with E-state index in [0.717, 1.165) is 6.42 Å². The van der Waals surface area contributed by atoms with E-state index in [-0.39, 0.29) is 24.1 Å². The van der Waals surface area contributed by atoms with Crippen molar-refractivity contribution in [3.05, 3.63) is 65.9 Å². The summed E-state index contributed by atoms with van der Waals surface area (Å²) in [6, 6.07) is 11.5. The lowest BCUT2D eigenvalue weighted by Gasteiger charge is -2.31. The molecule has 224 valence electrons. The van der Waals surface area contributed by atoms with Gasteiger partial charge in [0.1, 0.15) is 18.2 Å². The third kappa shape index (κ3) is 5.80. The first-order valence-corrected chi connectivity index (χ1v) is 13.9. The first kappa shape index (κ1) is 29.4. The quantitative estimate of drug-likeness (QED) is 0.323. The second-order valence-corrected chi connectivity index (χ2v) is 10.4.